The Kier molecular flexibility index (Phi) is 2.55. The Morgan fingerprint density at radius 3 is 2.37 bits per heavy atom. The molecule has 6 nitrogen and oxygen atoms in total. The van der Waals surface area contributed by atoms with Gasteiger partial charge < -0.3 is 9.05 Å². The zero-order valence-electron chi connectivity index (χ0n) is 9.59. The highest BCUT2D eigenvalue weighted by molar-refractivity contribution is 5.56. The van der Waals surface area contributed by atoms with Gasteiger partial charge in [0.1, 0.15) is 0 Å². The largest absolute Gasteiger partial charge is 0.329 e. The zero-order valence-corrected chi connectivity index (χ0v) is 9.59. The lowest BCUT2D eigenvalue weighted by atomic mass is 10.2. The van der Waals surface area contributed by atoms with Gasteiger partial charge in [-0.2, -0.15) is 9.97 Å². The first-order chi connectivity index (χ1) is 9.13. The molecule has 96 valence electrons. The first kappa shape index (κ1) is 11.5. The van der Waals surface area contributed by atoms with E-state index in [4.69, 9.17) is 9.05 Å². The summed E-state index contributed by atoms with van der Waals surface area (Å²) in [5, 5.41) is 7.22. The lowest BCUT2D eigenvalue weighted by Gasteiger charge is -1.95. The van der Waals surface area contributed by atoms with E-state index in [2.05, 4.69) is 20.3 Å². The summed E-state index contributed by atoms with van der Waals surface area (Å²) in [5.74, 6) is -1.33. The van der Waals surface area contributed by atoms with Crippen LogP contribution in [0.4, 0.5) is 8.78 Å². The molecule has 3 aromatic rings. The lowest BCUT2D eigenvalue weighted by molar-refractivity contribution is 0.381. The first-order valence-corrected chi connectivity index (χ1v) is 5.23. The number of halogens is 2. The van der Waals surface area contributed by atoms with Crippen LogP contribution in [0.25, 0.3) is 23.2 Å². The van der Waals surface area contributed by atoms with Gasteiger partial charge in [-0.05, 0) is 25.1 Å². The third kappa shape index (κ3) is 2.07. The van der Waals surface area contributed by atoms with Gasteiger partial charge in [0.05, 0.1) is 0 Å². The molecule has 0 saturated heterocycles. The molecule has 0 atom stereocenters. The third-order valence-electron chi connectivity index (χ3n) is 2.31. The summed E-state index contributed by atoms with van der Waals surface area (Å²) in [6.07, 6.45) is 0. The smallest absolute Gasteiger partial charge is 0.316 e. The van der Waals surface area contributed by atoms with Crippen molar-refractivity contribution in [2.24, 2.45) is 0 Å². The first-order valence-electron chi connectivity index (χ1n) is 5.23. The minimum atomic E-state index is -0.988. The van der Waals surface area contributed by atoms with Crippen molar-refractivity contribution in [1.82, 2.24) is 20.3 Å². The fourth-order valence-corrected chi connectivity index (χ4v) is 1.45. The molecule has 0 aliphatic rings. The van der Waals surface area contributed by atoms with Gasteiger partial charge in [-0.25, -0.2) is 8.78 Å². The van der Waals surface area contributed by atoms with Crippen LogP contribution in [0.3, 0.4) is 0 Å². The molecule has 0 bridgehead atoms. The lowest BCUT2D eigenvalue weighted by Crippen LogP contribution is -1.87. The highest BCUT2D eigenvalue weighted by Gasteiger charge is 2.16. The summed E-state index contributed by atoms with van der Waals surface area (Å²) in [7, 11) is 0. The number of aromatic nitrogens is 4. The van der Waals surface area contributed by atoms with Crippen LogP contribution in [0.2, 0.25) is 0 Å². The van der Waals surface area contributed by atoms with Crippen LogP contribution >= 0.6 is 0 Å². The van der Waals surface area contributed by atoms with E-state index in [1.54, 1.807) is 6.92 Å². The maximum atomic E-state index is 13.1. The fraction of sp³-hybridized carbons (Fsp3) is 0.0909. The van der Waals surface area contributed by atoms with Crippen molar-refractivity contribution in [2.75, 3.05) is 0 Å². The molecule has 0 saturated carbocycles. The van der Waals surface area contributed by atoms with E-state index < -0.39 is 11.6 Å². The van der Waals surface area contributed by atoms with Gasteiger partial charge in [0.15, 0.2) is 17.5 Å². The van der Waals surface area contributed by atoms with Gasteiger partial charge >= 0.3 is 11.8 Å². The Labute approximate surface area is 105 Å². The summed E-state index contributed by atoms with van der Waals surface area (Å²) < 4.78 is 35.7. The Morgan fingerprint density at radius 2 is 1.68 bits per heavy atom. The number of hydrogen-bond acceptors (Lipinski definition) is 6. The average molecular weight is 264 g/mol. The molecule has 1 aromatic carbocycles. The van der Waals surface area contributed by atoms with E-state index in [-0.39, 0.29) is 23.2 Å². The highest BCUT2D eigenvalue weighted by Crippen LogP contribution is 2.22. The minimum absolute atomic E-state index is 0.0142. The Hall–Kier alpha value is -2.64. The van der Waals surface area contributed by atoms with Gasteiger partial charge in [-0.1, -0.05) is 10.3 Å². The van der Waals surface area contributed by atoms with E-state index in [0.29, 0.717) is 5.82 Å². The highest BCUT2D eigenvalue weighted by atomic mass is 19.2. The quantitative estimate of drug-likeness (QED) is 0.707. The van der Waals surface area contributed by atoms with Crippen LogP contribution in [-0.4, -0.2) is 20.3 Å². The molecule has 0 fully saturated rings. The zero-order chi connectivity index (χ0) is 13.4. The third-order valence-corrected chi connectivity index (χ3v) is 2.31. The molecule has 0 amide bonds. The predicted molar refractivity (Wildman–Crippen MR) is 57.7 cm³/mol. The molecule has 0 aliphatic carbocycles. The summed E-state index contributed by atoms with van der Waals surface area (Å²) in [5.41, 5.74) is 0.283. The van der Waals surface area contributed by atoms with Crippen LogP contribution in [0, 0.1) is 18.6 Å². The standard InChI is InChI=1S/C11H6F2N4O2/c1-5-14-10(18-16-5)11-15-9(17-19-11)6-2-3-7(12)8(13)4-6/h2-4H,1H3. The van der Waals surface area contributed by atoms with Gasteiger partial charge in [0.2, 0.25) is 5.82 Å². The summed E-state index contributed by atoms with van der Waals surface area (Å²) in [6.45, 7) is 1.64. The maximum absolute atomic E-state index is 13.1. The van der Waals surface area contributed by atoms with Crippen molar-refractivity contribution in [2.45, 2.75) is 6.92 Å². The van der Waals surface area contributed by atoms with E-state index in [0.717, 1.165) is 12.1 Å². The van der Waals surface area contributed by atoms with Crippen molar-refractivity contribution >= 4 is 0 Å². The monoisotopic (exact) mass is 264 g/mol. The fourth-order valence-electron chi connectivity index (χ4n) is 1.45. The molecule has 0 N–H and O–H groups in total. The van der Waals surface area contributed by atoms with Crippen molar-refractivity contribution in [3.63, 3.8) is 0 Å². The van der Waals surface area contributed by atoms with Gasteiger partial charge in [-0.3, -0.25) is 0 Å². The van der Waals surface area contributed by atoms with Gasteiger partial charge in [0, 0.05) is 5.56 Å². The minimum Gasteiger partial charge on any atom is -0.329 e. The molecule has 0 radical (unpaired) electrons. The number of aryl methyl sites for hydroxylation is 1. The molecule has 8 heteroatoms. The average Bonchev–Trinajstić information content (AvgIpc) is 3.01. The molecule has 2 aromatic heterocycles. The van der Waals surface area contributed by atoms with Crippen LogP contribution < -0.4 is 0 Å². The number of rotatable bonds is 2. The molecule has 19 heavy (non-hydrogen) atoms. The van der Waals surface area contributed by atoms with E-state index >= 15 is 0 Å². The molecular formula is C11H6F2N4O2. The molecule has 0 aliphatic heterocycles. The Balaban J connectivity index is 1.98. The second kappa shape index (κ2) is 4.23. The second-order valence-corrected chi connectivity index (χ2v) is 3.70. The normalized spacial score (nSPS) is 10.9. The van der Waals surface area contributed by atoms with E-state index in [1.807, 2.05) is 0 Å². The van der Waals surface area contributed by atoms with E-state index in [1.165, 1.54) is 6.07 Å². The maximum Gasteiger partial charge on any atom is 0.316 e. The topological polar surface area (TPSA) is 77.8 Å². The summed E-state index contributed by atoms with van der Waals surface area (Å²) >= 11 is 0. The number of hydrogen-bond donors (Lipinski definition) is 0. The molecule has 3 rings (SSSR count). The molecule has 2 heterocycles. The molecular weight excluding hydrogens is 258 g/mol. The molecule has 0 spiro atoms. The Bertz CT molecular complexity index is 738. The number of benzene rings is 1. The second-order valence-electron chi connectivity index (χ2n) is 3.70. The predicted octanol–water partition coefficient (Wildman–Crippen LogP) is 2.37. The Morgan fingerprint density at radius 1 is 0.947 bits per heavy atom. The SMILES string of the molecule is Cc1noc(-c2nc(-c3ccc(F)c(F)c3)no2)n1. The van der Waals surface area contributed by atoms with Gasteiger partial charge in [-0.15, -0.1) is 0 Å². The van der Waals surface area contributed by atoms with Crippen molar-refractivity contribution < 1.29 is 17.8 Å². The van der Waals surface area contributed by atoms with Crippen LogP contribution in [0.5, 0.6) is 0 Å². The van der Waals surface area contributed by atoms with Crippen LogP contribution in [0.1, 0.15) is 5.82 Å². The van der Waals surface area contributed by atoms with Crippen molar-refractivity contribution in [3.05, 3.63) is 35.7 Å². The van der Waals surface area contributed by atoms with Crippen LogP contribution in [0.15, 0.2) is 27.2 Å². The number of nitrogens with zero attached hydrogens (tertiary/aromatic N) is 4. The molecule has 0 unspecified atom stereocenters. The van der Waals surface area contributed by atoms with Crippen molar-refractivity contribution in [3.8, 4) is 23.2 Å². The summed E-state index contributed by atoms with van der Waals surface area (Å²) in [6, 6.07) is 3.30. The van der Waals surface area contributed by atoms with Gasteiger partial charge in [0.25, 0.3) is 0 Å². The summed E-state index contributed by atoms with van der Waals surface area (Å²) in [4.78, 5) is 7.88. The van der Waals surface area contributed by atoms with E-state index in [9.17, 15) is 8.78 Å². The van der Waals surface area contributed by atoms with Crippen LogP contribution in [-0.2, 0) is 0 Å². The van der Waals surface area contributed by atoms with Crippen molar-refractivity contribution in [1.29, 1.82) is 0 Å².